The molecule has 0 spiro atoms. The summed E-state index contributed by atoms with van der Waals surface area (Å²) in [7, 11) is 1.59. The normalized spacial score (nSPS) is 10.5. The Morgan fingerprint density at radius 2 is 2.00 bits per heavy atom. The maximum Gasteiger partial charge on any atom is 0.339 e. The number of anilines is 1. The first-order valence-corrected chi connectivity index (χ1v) is 8.36. The van der Waals surface area contributed by atoms with Gasteiger partial charge >= 0.3 is 6.03 Å². The van der Waals surface area contributed by atoms with Crippen molar-refractivity contribution in [1.29, 1.82) is 0 Å². The monoisotopic (exact) mass is 439 g/mol. The molecule has 0 aromatic heterocycles. The molecule has 0 fully saturated rings. The quantitative estimate of drug-likeness (QED) is 0.408. The zero-order chi connectivity index (χ0) is 17.4. The highest BCUT2D eigenvalue weighted by atomic mass is 127. The number of nitrogens with zero attached hydrogens (tertiary/aromatic N) is 1. The smallest absolute Gasteiger partial charge is 0.339 e. The van der Waals surface area contributed by atoms with Crippen molar-refractivity contribution in [3.63, 3.8) is 0 Å². The molecule has 0 saturated heterocycles. The van der Waals surface area contributed by atoms with E-state index in [0.29, 0.717) is 12.3 Å². The molecule has 2 rings (SSSR count). The van der Waals surface area contributed by atoms with Crippen LogP contribution in [0.2, 0.25) is 0 Å². The molecule has 2 aromatic carbocycles. The minimum absolute atomic E-state index is 0.419. The van der Waals surface area contributed by atoms with Gasteiger partial charge in [0.1, 0.15) is 11.5 Å². The Labute approximate surface area is 154 Å². The lowest BCUT2D eigenvalue weighted by Gasteiger charge is -2.06. The van der Waals surface area contributed by atoms with Gasteiger partial charge in [0, 0.05) is 5.69 Å². The number of benzene rings is 2. The molecule has 0 atom stereocenters. The minimum atomic E-state index is -0.419. The van der Waals surface area contributed by atoms with Crippen LogP contribution in [-0.2, 0) is 0 Å². The first-order chi connectivity index (χ1) is 11.6. The summed E-state index contributed by atoms with van der Waals surface area (Å²) >= 11 is 2.20. The van der Waals surface area contributed by atoms with Gasteiger partial charge in [-0.3, -0.25) is 0 Å². The number of carbonyl (C=O) groups excluding carboxylic acids is 1. The topological polar surface area (TPSA) is 72.0 Å². The molecule has 0 aliphatic carbocycles. The van der Waals surface area contributed by atoms with Crippen molar-refractivity contribution < 1.29 is 14.3 Å². The number of methoxy groups -OCH3 is 1. The molecule has 0 bridgehead atoms. The number of halogens is 1. The third-order valence-corrected chi connectivity index (χ3v) is 3.83. The summed E-state index contributed by atoms with van der Waals surface area (Å²) in [5.74, 6) is 1.56. The highest BCUT2D eigenvalue weighted by Crippen LogP contribution is 2.21. The van der Waals surface area contributed by atoms with Gasteiger partial charge in [-0.1, -0.05) is 0 Å². The fourth-order valence-corrected chi connectivity index (χ4v) is 2.56. The van der Waals surface area contributed by atoms with E-state index >= 15 is 0 Å². The number of ether oxygens (including phenoxy) is 2. The number of hydrogen-bond donors (Lipinski definition) is 2. The highest BCUT2D eigenvalue weighted by molar-refractivity contribution is 14.1. The molecule has 0 saturated carbocycles. The van der Waals surface area contributed by atoms with Crippen molar-refractivity contribution >= 4 is 40.5 Å². The van der Waals surface area contributed by atoms with Crippen LogP contribution in [0.25, 0.3) is 0 Å². The SMILES string of the molecule is CCOc1ccc(/C=N/NC(=O)Nc2ccc(OC)cc2)cc1I. The van der Waals surface area contributed by atoms with Gasteiger partial charge < -0.3 is 14.8 Å². The van der Waals surface area contributed by atoms with E-state index in [0.717, 1.165) is 20.6 Å². The van der Waals surface area contributed by atoms with E-state index in [4.69, 9.17) is 9.47 Å². The van der Waals surface area contributed by atoms with Gasteiger partial charge in [-0.25, -0.2) is 10.2 Å². The third kappa shape index (κ3) is 5.41. The minimum Gasteiger partial charge on any atom is -0.497 e. The van der Waals surface area contributed by atoms with E-state index in [1.54, 1.807) is 37.6 Å². The average Bonchev–Trinajstić information content (AvgIpc) is 2.58. The number of hydrogen-bond acceptors (Lipinski definition) is 4. The van der Waals surface area contributed by atoms with E-state index < -0.39 is 6.03 Å². The van der Waals surface area contributed by atoms with Crippen LogP contribution in [0.15, 0.2) is 47.6 Å². The first-order valence-electron chi connectivity index (χ1n) is 7.29. The van der Waals surface area contributed by atoms with E-state index in [2.05, 4.69) is 38.4 Å². The summed E-state index contributed by atoms with van der Waals surface area (Å²) in [6.07, 6.45) is 1.57. The molecule has 0 radical (unpaired) electrons. The number of rotatable bonds is 6. The zero-order valence-corrected chi connectivity index (χ0v) is 15.5. The van der Waals surface area contributed by atoms with Crippen LogP contribution >= 0.6 is 22.6 Å². The van der Waals surface area contributed by atoms with Gasteiger partial charge in [0.2, 0.25) is 0 Å². The average molecular weight is 439 g/mol. The Balaban J connectivity index is 1.88. The van der Waals surface area contributed by atoms with Crippen molar-refractivity contribution in [2.24, 2.45) is 5.10 Å². The first kappa shape index (κ1) is 18.1. The van der Waals surface area contributed by atoms with Crippen LogP contribution in [0.5, 0.6) is 11.5 Å². The van der Waals surface area contributed by atoms with Gasteiger partial charge in [0.05, 0.1) is 23.5 Å². The Bertz CT molecular complexity index is 718. The summed E-state index contributed by atoms with van der Waals surface area (Å²) < 4.78 is 11.5. The standard InChI is InChI=1S/C17H18IN3O3/c1-3-24-16-9-4-12(10-15(16)18)11-19-21-17(22)20-13-5-7-14(23-2)8-6-13/h4-11H,3H2,1-2H3,(H2,20,21,22)/b19-11+. The van der Waals surface area contributed by atoms with Crippen LogP contribution in [0.3, 0.4) is 0 Å². The fourth-order valence-electron chi connectivity index (χ4n) is 1.87. The zero-order valence-electron chi connectivity index (χ0n) is 13.4. The lowest BCUT2D eigenvalue weighted by molar-refractivity contribution is 0.252. The van der Waals surface area contributed by atoms with Crippen LogP contribution in [0, 0.1) is 3.57 Å². The second kappa shape index (κ2) is 9.11. The Morgan fingerprint density at radius 1 is 1.25 bits per heavy atom. The molecular formula is C17H18IN3O3. The predicted octanol–water partition coefficient (Wildman–Crippen LogP) is 3.85. The Hall–Kier alpha value is -2.29. The molecule has 6 nitrogen and oxygen atoms in total. The summed E-state index contributed by atoms with van der Waals surface area (Å²) in [5.41, 5.74) is 3.94. The highest BCUT2D eigenvalue weighted by Gasteiger charge is 2.02. The van der Waals surface area contributed by atoms with E-state index in [1.165, 1.54) is 0 Å². The van der Waals surface area contributed by atoms with Crippen LogP contribution < -0.4 is 20.2 Å². The largest absolute Gasteiger partial charge is 0.497 e. The third-order valence-electron chi connectivity index (χ3n) is 2.98. The lowest BCUT2D eigenvalue weighted by Crippen LogP contribution is -2.24. The molecule has 0 unspecified atom stereocenters. The van der Waals surface area contributed by atoms with Crippen LogP contribution in [0.4, 0.5) is 10.5 Å². The van der Waals surface area contributed by atoms with Crippen molar-refractivity contribution in [3.05, 3.63) is 51.6 Å². The molecule has 0 heterocycles. The molecule has 126 valence electrons. The van der Waals surface area contributed by atoms with Crippen molar-refractivity contribution in [3.8, 4) is 11.5 Å². The van der Waals surface area contributed by atoms with Crippen molar-refractivity contribution in [1.82, 2.24) is 5.43 Å². The number of amides is 2. The van der Waals surface area contributed by atoms with Crippen LogP contribution in [0.1, 0.15) is 12.5 Å². The van der Waals surface area contributed by atoms with Gasteiger partial charge in [-0.15, -0.1) is 0 Å². The van der Waals surface area contributed by atoms with E-state index in [1.807, 2.05) is 25.1 Å². The number of urea groups is 1. The lowest BCUT2D eigenvalue weighted by atomic mass is 10.2. The summed E-state index contributed by atoms with van der Waals surface area (Å²) in [6, 6.07) is 12.3. The predicted molar refractivity (Wildman–Crippen MR) is 103 cm³/mol. The molecule has 0 aliphatic rings. The maximum absolute atomic E-state index is 11.8. The number of nitrogens with one attached hydrogen (secondary N) is 2. The maximum atomic E-state index is 11.8. The second-order valence-electron chi connectivity index (χ2n) is 4.68. The summed E-state index contributed by atoms with van der Waals surface area (Å²) in [4.78, 5) is 11.8. The molecule has 2 amide bonds. The Kier molecular flexibility index (Phi) is 6.86. The Morgan fingerprint density at radius 3 is 2.62 bits per heavy atom. The molecule has 2 aromatic rings. The molecule has 24 heavy (non-hydrogen) atoms. The number of hydrazone groups is 1. The molecule has 7 heteroatoms. The molecular weight excluding hydrogens is 421 g/mol. The summed E-state index contributed by atoms with van der Waals surface area (Å²) in [5, 5.41) is 6.61. The van der Waals surface area contributed by atoms with Crippen molar-refractivity contribution in [2.75, 3.05) is 19.0 Å². The second-order valence-corrected chi connectivity index (χ2v) is 5.84. The van der Waals surface area contributed by atoms with Crippen LogP contribution in [-0.4, -0.2) is 26.0 Å². The fraction of sp³-hybridized carbons (Fsp3) is 0.176. The molecule has 0 aliphatic heterocycles. The molecule has 2 N–H and O–H groups in total. The van der Waals surface area contributed by atoms with E-state index in [-0.39, 0.29) is 0 Å². The van der Waals surface area contributed by atoms with Gasteiger partial charge in [-0.2, -0.15) is 5.10 Å². The van der Waals surface area contributed by atoms with Gasteiger partial charge in [0.25, 0.3) is 0 Å². The van der Waals surface area contributed by atoms with E-state index in [9.17, 15) is 4.79 Å². The van der Waals surface area contributed by atoms with Gasteiger partial charge in [-0.05, 0) is 77.5 Å². The summed E-state index contributed by atoms with van der Waals surface area (Å²) in [6.45, 7) is 2.56. The number of carbonyl (C=O) groups is 1. The van der Waals surface area contributed by atoms with Gasteiger partial charge in [0.15, 0.2) is 0 Å². The van der Waals surface area contributed by atoms with Crippen molar-refractivity contribution in [2.45, 2.75) is 6.92 Å².